The third kappa shape index (κ3) is 4.46. The third-order valence-electron chi connectivity index (χ3n) is 6.37. The first-order valence-corrected chi connectivity index (χ1v) is 13.0. The van der Waals surface area contributed by atoms with Gasteiger partial charge in [0.1, 0.15) is 11.9 Å². The summed E-state index contributed by atoms with van der Waals surface area (Å²) in [6.07, 6.45) is 1.05. The molecular weight excluding hydrogens is 488 g/mol. The van der Waals surface area contributed by atoms with Crippen LogP contribution in [0.25, 0.3) is 0 Å². The quantitative estimate of drug-likeness (QED) is 0.514. The molecule has 0 saturated carbocycles. The summed E-state index contributed by atoms with van der Waals surface area (Å²) in [6.45, 7) is 2.10. The number of aliphatic imine (C=N–C) groups is 2. The average molecular weight is 513 g/mol. The first-order chi connectivity index (χ1) is 18.1. The van der Waals surface area contributed by atoms with Crippen molar-refractivity contribution in [3.05, 3.63) is 83.9 Å². The largest absolute Gasteiger partial charge is 0.454 e. The van der Waals surface area contributed by atoms with Crippen LogP contribution in [0.3, 0.4) is 0 Å². The molecule has 1 N–H and O–H groups in total. The lowest BCUT2D eigenvalue weighted by molar-refractivity contribution is -0.124. The molecule has 2 unspecified atom stereocenters. The highest BCUT2D eigenvalue weighted by molar-refractivity contribution is 8.15. The molecule has 2 atom stereocenters. The summed E-state index contributed by atoms with van der Waals surface area (Å²) in [5.41, 5.74) is 3.21. The van der Waals surface area contributed by atoms with Crippen molar-refractivity contribution in [1.29, 1.82) is 0 Å². The van der Waals surface area contributed by atoms with Gasteiger partial charge in [0.15, 0.2) is 16.7 Å². The van der Waals surface area contributed by atoms with Gasteiger partial charge in [0.25, 0.3) is 5.91 Å². The molecule has 8 nitrogen and oxygen atoms in total. The van der Waals surface area contributed by atoms with Gasteiger partial charge in [-0.3, -0.25) is 14.6 Å². The number of fused-ring (bicyclic) bond motifs is 4. The Kier molecular flexibility index (Phi) is 6.13. The molecule has 3 heterocycles. The van der Waals surface area contributed by atoms with E-state index in [2.05, 4.69) is 5.32 Å². The van der Waals surface area contributed by atoms with E-state index in [1.54, 1.807) is 23.1 Å². The zero-order valence-corrected chi connectivity index (χ0v) is 20.9. The van der Waals surface area contributed by atoms with Crippen molar-refractivity contribution >= 4 is 46.0 Å². The number of anilines is 1. The van der Waals surface area contributed by atoms with Crippen LogP contribution in [0.15, 0.2) is 82.8 Å². The number of nitrogens with one attached hydrogen (secondary N) is 1. The maximum absolute atomic E-state index is 13.6. The Morgan fingerprint density at radius 3 is 2.70 bits per heavy atom. The van der Waals surface area contributed by atoms with Gasteiger partial charge in [-0.05, 0) is 36.2 Å². The van der Waals surface area contributed by atoms with Gasteiger partial charge >= 0.3 is 0 Å². The van der Waals surface area contributed by atoms with E-state index in [1.807, 2.05) is 61.5 Å². The van der Waals surface area contributed by atoms with Crippen LogP contribution in [0, 0.1) is 0 Å². The topological polar surface area (TPSA) is 92.6 Å². The van der Waals surface area contributed by atoms with Crippen LogP contribution in [-0.4, -0.2) is 45.8 Å². The number of hydrogen-bond acceptors (Lipinski definition) is 7. The summed E-state index contributed by atoms with van der Waals surface area (Å²) in [7, 11) is 0. The molecule has 3 aromatic carbocycles. The average Bonchev–Trinajstić information content (AvgIpc) is 3.52. The van der Waals surface area contributed by atoms with Gasteiger partial charge in [0.05, 0.1) is 10.9 Å². The number of amides is 2. The Bertz CT molecular complexity index is 1440. The Hall–Kier alpha value is -4.11. The smallest absolute Gasteiger partial charge is 0.259 e. The van der Waals surface area contributed by atoms with Gasteiger partial charge in [-0.1, -0.05) is 61.2 Å². The van der Waals surface area contributed by atoms with Crippen LogP contribution >= 0.6 is 11.8 Å². The molecule has 0 aromatic heterocycles. The first-order valence-electron chi connectivity index (χ1n) is 12.1. The molecule has 0 fully saturated rings. The highest BCUT2D eigenvalue weighted by Gasteiger charge is 2.42. The van der Waals surface area contributed by atoms with E-state index in [9.17, 15) is 9.59 Å². The van der Waals surface area contributed by atoms with Crippen LogP contribution in [-0.2, 0) is 16.0 Å². The van der Waals surface area contributed by atoms with E-state index in [4.69, 9.17) is 19.5 Å². The van der Waals surface area contributed by atoms with Crippen molar-refractivity contribution in [1.82, 2.24) is 4.90 Å². The van der Waals surface area contributed by atoms with Crippen LogP contribution in [0.2, 0.25) is 0 Å². The van der Waals surface area contributed by atoms with Gasteiger partial charge in [0, 0.05) is 23.7 Å². The van der Waals surface area contributed by atoms with Gasteiger partial charge in [-0.15, -0.1) is 0 Å². The maximum Gasteiger partial charge on any atom is 0.259 e. The molecule has 3 aliphatic heterocycles. The Morgan fingerprint density at radius 2 is 1.86 bits per heavy atom. The number of rotatable bonds is 6. The standard InChI is InChI=1S/C28H24N4O4S/c1-2-24(26(33)29-18-12-13-22-23(15-18)36-16-35-22)37-28-31-20-11-7-6-10-19(20)25-30-21(27(34)32(25)28)14-17-8-4-3-5-9-17/h3-13,15,21,24H,2,14,16H2,1H3,(H,29,33). The molecule has 3 aliphatic rings. The van der Waals surface area contributed by atoms with Crippen molar-refractivity contribution < 1.29 is 19.1 Å². The zero-order chi connectivity index (χ0) is 25.4. The van der Waals surface area contributed by atoms with E-state index in [0.717, 1.165) is 16.8 Å². The van der Waals surface area contributed by atoms with Crippen LogP contribution in [0.4, 0.5) is 11.4 Å². The van der Waals surface area contributed by atoms with Crippen LogP contribution in [0.5, 0.6) is 11.5 Å². The molecule has 0 radical (unpaired) electrons. The summed E-state index contributed by atoms with van der Waals surface area (Å²) in [4.78, 5) is 38.0. The summed E-state index contributed by atoms with van der Waals surface area (Å²) in [6, 6.07) is 22.2. The number of amidine groups is 2. The number of benzene rings is 3. The number of nitrogens with zero attached hydrogens (tertiary/aromatic N) is 3. The molecule has 3 aromatic rings. The summed E-state index contributed by atoms with van der Waals surface area (Å²) in [5.74, 6) is 1.52. The number of thioether (sulfide) groups is 1. The van der Waals surface area contributed by atoms with Gasteiger partial charge < -0.3 is 14.8 Å². The second-order valence-corrected chi connectivity index (χ2v) is 9.99. The van der Waals surface area contributed by atoms with E-state index in [0.29, 0.717) is 41.0 Å². The summed E-state index contributed by atoms with van der Waals surface area (Å²) in [5, 5.41) is 2.95. The second kappa shape index (κ2) is 9.74. The second-order valence-electron chi connectivity index (χ2n) is 8.82. The highest BCUT2D eigenvalue weighted by Crippen LogP contribution is 2.37. The van der Waals surface area contributed by atoms with E-state index < -0.39 is 11.3 Å². The Morgan fingerprint density at radius 1 is 1.08 bits per heavy atom. The number of hydrogen-bond donors (Lipinski definition) is 1. The van der Waals surface area contributed by atoms with E-state index >= 15 is 0 Å². The molecule has 2 amide bonds. The lowest BCUT2D eigenvalue weighted by atomic mass is 10.1. The summed E-state index contributed by atoms with van der Waals surface area (Å²) >= 11 is 1.28. The fourth-order valence-corrected chi connectivity index (χ4v) is 5.52. The highest BCUT2D eigenvalue weighted by atomic mass is 32.2. The number of ether oxygens (including phenoxy) is 2. The van der Waals surface area contributed by atoms with Crippen LogP contribution in [0.1, 0.15) is 24.5 Å². The molecular formula is C28H24N4O4S. The first kappa shape index (κ1) is 23.3. The molecule has 186 valence electrons. The van der Waals surface area contributed by atoms with Gasteiger partial charge in [-0.25, -0.2) is 9.89 Å². The minimum absolute atomic E-state index is 0.134. The lowest BCUT2D eigenvalue weighted by Crippen LogP contribution is -2.42. The van der Waals surface area contributed by atoms with Crippen molar-refractivity contribution in [2.45, 2.75) is 31.1 Å². The fraction of sp³-hybridized carbons (Fsp3) is 0.214. The molecule has 0 bridgehead atoms. The minimum atomic E-state index is -0.545. The predicted molar refractivity (Wildman–Crippen MR) is 144 cm³/mol. The number of para-hydroxylation sites is 1. The molecule has 6 rings (SSSR count). The van der Waals surface area contributed by atoms with Crippen LogP contribution < -0.4 is 14.8 Å². The molecule has 9 heteroatoms. The normalized spacial score (nSPS) is 18.0. The van der Waals surface area contributed by atoms with Gasteiger partial charge in [-0.2, -0.15) is 0 Å². The molecule has 0 spiro atoms. The monoisotopic (exact) mass is 512 g/mol. The summed E-state index contributed by atoms with van der Waals surface area (Å²) < 4.78 is 10.8. The minimum Gasteiger partial charge on any atom is -0.454 e. The SMILES string of the molecule is CCC(SC1=Nc2ccccc2C2=NC(Cc3ccccc3)C(=O)N12)C(=O)Nc1ccc2c(c1)OCO2. The Labute approximate surface area is 218 Å². The van der Waals surface area contributed by atoms with Gasteiger partial charge in [0.2, 0.25) is 12.7 Å². The van der Waals surface area contributed by atoms with Crippen molar-refractivity contribution in [3.8, 4) is 11.5 Å². The third-order valence-corrected chi connectivity index (χ3v) is 7.69. The zero-order valence-electron chi connectivity index (χ0n) is 20.1. The molecule has 37 heavy (non-hydrogen) atoms. The maximum atomic E-state index is 13.6. The van der Waals surface area contributed by atoms with Crippen molar-refractivity contribution in [2.75, 3.05) is 12.1 Å². The predicted octanol–water partition coefficient (Wildman–Crippen LogP) is 4.77. The fourth-order valence-electron chi connectivity index (χ4n) is 4.50. The van der Waals surface area contributed by atoms with Crippen molar-refractivity contribution in [3.63, 3.8) is 0 Å². The number of carbonyl (C=O) groups is 2. The lowest BCUT2D eigenvalue weighted by Gasteiger charge is -2.27. The van der Waals surface area contributed by atoms with E-state index in [1.165, 1.54) is 11.8 Å². The number of carbonyl (C=O) groups excluding carboxylic acids is 2. The van der Waals surface area contributed by atoms with Crippen molar-refractivity contribution in [2.24, 2.45) is 9.98 Å². The molecule has 0 saturated heterocycles. The molecule has 0 aliphatic carbocycles. The Balaban J connectivity index is 1.26. The van der Waals surface area contributed by atoms with E-state index in [-0.39, 0.29) is 18.6 Å².